The van der Waals surface area contributed by atoms with Crippen LogP contribution in [0, 0.1) is 5.82 Å². The van der Waals surface area contributed by atoms with Gasteiger partial charge in [-0.3, -0.25) is 9.59 Å². The molecule has 1 aromatic carbocycles. The van der Waals surface area contributed by atoms with Crippen LogP contribution in [-0.2, 0) is 11.3 Å². The van der Waals surface area contributed by atoms with E-state index in [1.54, 1.807) is 9.80 Å². The van der Waals surface area contributed by atoms with Crippen LogP contribution in [0.3, 0.4) is 0 Å². The molecule has 1 aliphatic heterocycles. The van der Waals surface area contributed by atoms with Crippen molar-refractivity contribution in [2.24, 2.45) is 0 Å². The SMILES string of the molecule is O=C(O)c1cn(CC(=O)N2CCN(C(=O)c3ccc(F)cc3)CC2)nn1. The van der Waals surface area contributed by atoms with Gasteiger partial charge in [-0.1, -0.05) is 5.21 Å². The van der Waals surface area contributed by atoms with Gasteiger partial charge in [-0.05, 0) is 24.3 Å². The molecule has 1 aliphatic rings. The lowest BCUT2D eigenvalue weighted by Crippen LogP contribution is -2.51. The number of hydrogen-bond donors (Lipinski definition) is 1. The van der Waals surface area contributed by atoms with Crippen LogP contribution in [0.5, 0.6) is 0 Å². The fraction of sp³-hybridized carbons (Fsp3) is 0.312. The Morgan fingerprint density at radius 3 is 2.23 bits per heavy atom. The smallest absolute Gasteiger partial charge is 0.358 e. The van der Waals surface area contributed by atoms with Gasteiger partial charge in [0.1, 0.15) is 12.4 Å². The molecule has 26 heavy (non-hydrogen) atoms. The van der Waals surface area contributed by atoms with Crippen LogP contribution in [0.1, 0.15) is 20.8 Å². The van der Waals surface area contributed by atoms with E-state index in [0.717, 1.165) is 0 Å². The zero-order chi connectivity index (χ0) is 18.7. The Kier molecular flexibility index (Phi) is 4.92. The molecule has 1 saturated heterocycles. The van der Waals surface area contributed by atoms with Gasteiger partial charge in [0.05, 0.1) is 6.20 Å². The van der Waals surface area contributed by atoms with Gasteiger partial charge < -0.3 is 14.9 Å². The second-order valence-corrected chi connectivity index (χ2v) is 5.79. The van der Waals surface area contributed by atoms with Gasteiger partial charge in [-0.25, -0.2) is 13.9 Å². The largest absolute Gasteiger partial charge is 0.476 e. The molecular formula is C16H16FN5O4. The van der Waals surface area contributed by atoms with E-state index in [0.29, 0.717) is 31.7 Å². The first kappa shape index (κ1) is 17.5. The van der Waals surface area contributed by atoms with Crippen molar-refractivity contribution in [2.45, 2.75) is 6.54 Å². The van der Waals surface area contributed by atoms with Crippen LogP contribution >= 0.6 is 0 Å². The summed E-state index contributed by atoms with van der Waals surface area (Å²) >= 11 is 0. The van der Waals surface area contributed by atoms with Crippen molar-refractivity contribution in [2.75, 3.05) is 26.2 Å². The Morgan fingerprint density at radius 1 is 1.04 bits per heavy atom. The van der Waals surface area contributed by atoms with Crippen LogP contribution in [0.15, 0.2) is 30.5 Å². The van der Waals surface area contributed by atoms with Crippen molar-refractivity contribution in [1.82, 2.24) is 24.8 Å². The van der Waals surface area contributed by atoms with E-state index >= 15 is 0 Å². The summed E-state index contributed by atoms with van der Waals surface area (Å²) in [5, 5.41) is 15.9. The average molecular weight is 361 g/mol. The number of piperazine rings is 1. The van der Waals surface area contributed by atoms with Gasteiger partial charge in [-0.15, -0.1) is 5.10 Å². The maximum Gasteiger partial charge on any atom is 0.358 e. The van der Waals surface area contributed by atoms with Gasteiger partial charge in [-0.2, -0.15) is 0 Å². The average Bonchev–Trinajstić information content (AvgIpc) is 3.11. The summed E-state index contributed by atoms with van der Waals surface area (Å²) < 4.78 is 14.1. The van der Waals surface area contributed by atoms with Gasteiger partial charge in [0.2, 0.25) is 5.91 Å². The van der Waals surface area contributed by atoms with Crippen molar-refractivity contribution < 1.29 is 23.9 Å². The topological polar surface area (TPSA) is 109 Å². The lowest BCUT2D eigenvalue weighted by Gasteiger charge is -2.34. The van der Waals surface area contributed by atoms with E-state index in [2.05, 4.69) is 10.3 Å². The summed E-state index contributed by atoms with van der Waals surface area (Å²) in [6, 6.07) is 5.33. The molecule has 0 spiro atoms. The number of hydrogen-bond acceptors (Lipinski definition) is 5. The molecule has 0 aliphatic carbocycles. The molecule has 0 saturated carbocycles. The number of amides is 2. The number of nitrogens with zero attached hydrogens (tertiary/aromatic N) is 5. The van der Waals surface area contributed by atoms with E-state index in [4.69, 9.17) is 5.11 Å². The number of aromatic carboxylic acids is 1. The third kappa shape index (κ3) is 3.85. The molecule has 1 fully saturated rings. The second kappa shape index (κ2) is 7.30. The standard InChI is InChI=1S/C16H16FN5O4/c17-12-3-1-11(2-4-12)15(24)21-7-5-20(6-8-21)14(23)10-22-9-13(16(25)26)18-19-22/h1-4,9H,5-8,10H2,(H,25,26). The maximum absolute atomic E-state index is 12.9. The quantitative estimate of drug-likeness (QED) is 0.827. The molecule has 2 amide bonds. The van der Waals surface area contributed by atoms with E-state index in [-0.39, 0.29) is 24.1 Å². The van der Waals surface area contributed by atoms with Crippen LogP contribution in [0.2, 0.25) is 0 Å². The third-order valence-corrected chi connectivity index (χ3v) is 4.07. The summed E-state index contributed by atoms with van der Waals surface area (Å²) in [4.78, 5) is 38.6. The molecule has 1 N–H and O–H groups in total. The third-order valence-electron chi connectivity index (χ3n) is 4.07. The minimum Gasteiger partial charge on any atom is -0.476 e. The first-order valence-corrected chi connectivity index (χ1v) is 7.90. The molecule has 2 heterocycles. The Morgan fingerprint density at radius 2 is 1.65 bits per heavy atom. The zero-order valence-corrected chi connectivity index (χ0v) is 13.7. The zero-order valence-electron chi connectivity index (χ0n) is 13.7. The van der Waals surface area contributed by atoms with Gasteiger partial charge >= 0.3 is 5.97 Å². The fourth-order valence-electron chi connectivity index (χ4n) is 2.65. The van der Waals surface area contributed by atoms with E-state index in [1.165, 1.54) is 35.1 Å². The van der Waals surface area contributed by atoms with E-state index < -0.39 is 11.8 Å². The van der Waals surface area contributed by atoms with Crippen LogP contribution in [0.4, 0.5) is 4.39 Å². The Balaban J connectivity index is 1.54. The fourth-order valence-corrected chi connectivity index (χ4v) is 2.65. The first-order valence-electron chi connectivity index (χ1n) is 7.90. The minimum atomic E-state index is -1.21. The highest BCUT2D eigenvalue weighted by Gasteiger charge is 2.25. The lowest BCUT2D eigenvalue weighted by molar-refractivity contribution is -0.133. The highest BCUT2D eigenvalue weighted by Crippen LogP contribution is 2.10. The highest BCUT2D eigenvalue weighted by atomic mass is 19.1. The highest BCUT2D eigenvalue weighted by molar-refractivity contribution is 5.94. The number of carboxylic acids is 1. The summed E-state index contributed by atoms with van der Waals surface area (Å²) in [6.45, 7) is 1.31. The number of halogens is 1. The Bertz CT molecular complexity index is 827. The molecule has 1 aromatic heterocycles. The van der Waals surface area contributed by atoms with Crippen molar-refractivity contribution in [3.05, 3.63) is 47.5 Å². The number of rotatable bonds is 4. The first-order chi connectivity index (χ1) is 12.4. The predicted octanol–water partition coefficient (Wildman–Crippen LogP) is 0.1000. The summed E-state index contributed by atoms with van der Waals surface area (Å²) in [5.41, 5.74) is 0.169. The molecule has 0 atom stereocenters. The number of carboxylic acid groups (broad SMARTS) is 1. The summed E-state index contributed by atoms with van der Waals surface area (Å²) in [5.74, 6) is -2.06. The monoisotopic (exact) mass is 361 g/mol. The minimum absolute atomic E-state index is 0.119. The summed E-state index contributed by atoms with van der Waals surface area (Å²) in [7, 11) is 0. The molecule has 9 nitrogen and oxygen atoms in total. The number of aromatic nitrogens is 3. The van der Waals surface area contributed by atoms with Crippen LogP contribution in [-0.4, -0.2) is 73.9 Å². The molecule has 0 radical (unpaired) electrons. The van der Waals surface area contributed by atoms with Crippen molar-refractivity contribution in [3.63, 3.8) is 0 Å². The Labute approximate surface area is 147 Å². The maximum atomic E-state index is 12.9. The van der Waals surface area contributed by atoms with Crippen LogP contribution < -0.4 is 0 Å². The lowest BCUT2D eigenvalue weighted by atomic mass is 10.2. The number of carbonyl (C=O) groups excluding carboxylic acids is 2. The molecule has 10 heteroatoms. The molecule has 0 bridgehead atoms. The van der Waals surface area contributed by atoms with Gasteiger partial charge in [0, 0.05) is 31.7 Å². The summed E-state index contributed by atoms with van der Waals surface area (Å²) in [6.07, 6.45) is 1.19. The normalized spacial score (nSPS) is 14.3. The van der Waals surface area contributed by atoms with E-state index in [9.17, 15) is 18.8 Å². The van der Waals surface area contributed by atoms with Gasteiger partial charge in [0.15, 0.2) is 5.69 Å². The molecular weight excluding hydrogens is 345 g/mol. The van der Waals surface area contributed by atoms with Crippen molar-refractivity contribution in [1.29, 1.82) is 0 Å². The number of benzene rings is 1. The predicted molar refractivity (Wildman–Crippen MR) is 85.9 cm³/mol. The van der Waals surface area contributed by atoms with Gasteiger partial charge in [0.25, 0.3) is 5.91 Å². The molecule has 136 valence electrons. The number of carbonyl (C=O) groups is 3. The van der Waals surface area contributed by atoms with Crippen molar-refractivity contribution in [3.8, 4) is 0 Å². The molecule has 3 rings (SSSR count). The van der Waals surface area contributed by atoms with Crippen molar-refractivity contribution >= 4 is 17.8 Å². The molecule has 0 unspecified atom stereocenters. The Hall–Kier alpha value is -3.30. The van der Waals surface area contributed by atoms with Crippen LogP contribution in [0.25, 0.3) is 0 Å². The van der Waals surface area contributed by atoms with E-state index in [1.807, 2.05) is 0 Å². The molecule has 2 aromatic rings. The second-order valence-electron chi connectivity index (χ2n) is 5.79.